The summed E-state index contributed by atoms with van der Waals surface area (Å²) in [5.74, 6) is 0. The van der Waals surface area contributed by atoms with Crippen LogP contribution in [0.2, 0.25) is 0 Å². The first-order valence-corrected chi connectivity index (χ1v) is 41.7. The fourth-order valence-electron chi connectivity index (χ4n) is 19.5. The number of halogens is 1. The van der Waals surface area contributed by atoms with Crippen molar-refractivity contribution in [3.63, 3.8) is 0 Å². The fraction of sp³-hybridized carbons (Fsp3) is 0.0261. The lowest BCUT2D eigenvalue weighted by atomic mass is 9.67. The number of benzene rings is 20. The average Bonchev–Trinajstić information content (AvgIpc) is 1.53. The van der Waals surface area contributed by atoms with Crippen LogP contribution in [0.5, 0.6) is 0 Å². The summed E-state index contributed by atoms with van der Waals surface area (Å²) in [5, 5.41) is 18.7. The molecule has 24 rings (SSSR count). The summed E-state index contributed by atoms with van der Waals surface area (Å²) in [6, 6.07) is 168. The third-order valence-electron chi connectivity index (χ3n) is 24.7. The van der Waals surface area contributed by atoms with E-state index >= 15 is 0 Å². The van der Waals surface area contributed by atoms with E-state index in [0.29, 0.717) is 0 Å². The molecule has 5 heteroatoms. The molecule has 20 aromatic carbocycles. The zero-order chi connectivity index (χ0) is 79.0. The molecule has 0 amide bonds. The molecule has 0 spiro atoms. The van der Waals surface area contributed by atoms with E-state index in [1.807, 2.05) is 6.07 Å². The van der Waals surface area contributed by atoms with E-state index in [9.17, 15) is 0 Å². The zero-order valence-electron chi connectivity index (χ0n) is 65.1. The van der Waals surface area contributed by atoms with Crippen LogP contribution in [-0.4, -0.2) is 9.13 Å². The molecule has 568 valence electrons. The van der Waals surface area contributed by atoms with Gasteiger partial charge in [0.2, 0.25) is 0 Å². The molecule has 4 nitrogen and oxygen atoms in total. The minimum atomic E-state index is -0.535. The Morgan fingerprint density at radius 3 is 1.03 bits per heavy atom. The second kappa shape index (κ2) is 30.3. The van der Waals surface area contributed by atoms with Crippen LogP contribution in [0, 0.1) is 0 Å². The van der Waals surface area contributed by atoms with Crippen LogP contribution in [0.15, 0.2) is 466 Å². The third kappa shape index (κ3) is 12.2. The molecule has 2 aliphatic rings. The van der Waals surface area contributed by atoms with Gasteiger partial charge in [0.05, 0.1) is 32.9 Å². The van der Waals surface area contributed by atoms with Gasteiger partial charge < -0.3 is 19.4 Å². The monoisotopic (exact) mass is 1600 g/mol. The van der Waals surface area contributed by atoms with E-state index in [1.54, 1.807) is 0 Å². The van der Waals surface area contributed by atoms with Gasteiger partial charge in [-0.1, -0.05) is 339 Å². The predicted octanol–water partition coefficient (Wildman–Crippen LogP) is 31.2. The van der Waals surface area contributed by atoms with Crippen LogP contribution in [0.4, 0.5) is 28.4 Å². The van der Waals surface area contributed by atoms with Crippen molar-refractivity contribution >= 4 is 131 Å². The molecule has 0 fully saturated rings. The van der Waals surface area contributed by atoms with Crippen LogP contribution in [-0.2, 0) is 10.8 Å². The van der Waals surface area contributed by atoms with Crippen molar-refractivity contribution in [1.82, 2.24) is 9.13 Å². The molecule has 2 aliphatic carbocycles. The lowest BCUT2D eigenvalue weighted by Crippen LogP contribution is -2.28. The molecule has 2 aromatic heterocycles. The molecule has 0 aliphatic heterocycles. The molecule has 0 atom stereocenters. The van der Waals surface area contributed by atoms with Crippen molar-refractivity contribution < 1.29 is 0 Å². The summed E-state index contributed by atoms with van der Waals surface area (Å²) < 4.78 is 5.87. The largest absolute Gasteiger partial charge is 0.356 e. The Morgan fingerprint density at radius 1 is 0.217 bits per heavy atom. The Kier molecular flexibility index (Phi) is 18.4. The quantitative estimate of drug-likeness (QED) is 0.140. The average molecular weight is 1600 g/mol. The number of nitrogens with one attached hydrogen (secondary N) is 1. The van der Waals surface area contributed by atoms with Gasteiger partial charge in [-0.15, -0.1) is 0 Å². The third-order valence-corrected chi connectivity index (χ3v) is 25.2. The molecule has 1 N–H and O–H groups in total. The van der Waals surface area contributed by atoms with Gasteiger partial charge in [0.1, 0.15) is 0 Å². The molecule has 2 heterocycles. The SMILES string of the molecule is Brc1ccc2c(c1)c1ccccc1n2-c1ccc2ccccc2c1.C.c1ccc(N(c2ccc3c(c2)C(c2ccccc2)(c2ccccc2)c2cc4ccccc4cc2-3)c2ccc3c(c2)c2ccccc2n3-c2ccc3ccccc3c2)cc1.c1ccc(Nc2ccc3c(c2)C(c2ccccc2)(c2ccccc2)c2cc4ccccc4cc2-3)cc1. The maximum atomic E-state index is 3.63. The number of hydrogen-bond donors (Lipinski definition) is 1. The molecular formula is C115H81BrN4. The van der Waals surface area contributed by atoms with E-state index in [0.717, 1.165) is 38.6 Å². The van der Waals surface area contributed by atoms with Crippen molar-refractivity contribution in [2.45, 2.75) is 18.3 Å². The van der Waals surface area contributed by atoms with E-state index in [-0.39, 0.29) is 7.43 Å². The molecule has 22 aromatic rings. The maximum absolute atomic E-state index is 3.63. The summed E-state index contributed by atoms with van der Waals surface area (Å²) in [6.07, 6.45) is 0. The Balaban J connectivity index is 0.000000123. The molecular weight excluding hydrogens is 1520 g/mol. The first-order valence-electron chi connectivity index (χ1n) is 40.9. The number of para-hydroxylation sites is 4. The summed E-state index contributed by atoms with van der Waals surface area (Å²) in [5.41, 5.74) is 27.2. The number of nitrogens with zero attached hydrogens (tertiary/aromatic N) is 3. The number of aromatic nitrogens is 2. The fourth-order valence-corrected chi connectivity index (χ4v) is 19.9. The molecule has 0 unspecified atom stereocenters. The van der Waals surface area contributed by atoms with E-state index in [1.165, 1.54) is 159 Å². The van der Waals surface area contributed by atoms with Crippen LogP contribution in [0.1, 0.15) is 51.9 Å². The maximum Gasteiger partial charge on any atom is 0.0714 e. The summed E-state index contributed by atoms with van der Waals surface area (Å²) >= 11 is 3.61. The molecule has 0 saturated carbocycles. The van der Waals surface area contributed by atoms with Crippen LogP contribution >= 0.6 is 15.9 Å². The van der Waals surface area contributed by atoms with Gasteiger partial charge in [0.25, 0.3) is 0 Å². The lowest BCUT2D eigenvalue weighted by Gasteiger charge is -2.35. The predicted molar refractivity (Wildman–Crippen MR) is 511 cm³/mol. The van der Waals surface area contributed by atoms with E-state index in [2.05, 4.69) is 490 Å². The number of hydrogen-bond acceptors (Lipinski definition) is 2. The highest BCUT2D eigenvalue weighted by Crippen LogP contribution is 2.60. The van der Waals surface area contributed by atoms with Crippen molar-refractivity contribution in [3.8, 4) is 33.6 Å². The number of fused-ring (bicyclic) bond motifs is 16. The van der Waals surface area contributed by atoms with Crippen molar-refractivity contribution in [3.05, 3.63) is 510 Å². The van der Waals surface area contributed by atoms with Crippen molar-refractivity contribution in [2.75, 3.05) is 10.2 Å². The van der Waals surface area contributed by atoms with E-state index in [4.69, 9.17) is 0 Å². The van der Waals surface area contributed by atoms with Gasteiger partial charge in [0.15, 0.2) is 0 Å². The minimum Gasteiger partial charge on any atom is -0.356 e. The summed E-state index contributed by atoms with van der Waals surface area (Å²) in [6.45, 7) is 0. The minimum absolute atomic E-state index is 0. The highest BCUT2D eigenvalue weighted by molar-refractivity contribution is 9.10. The number of anilines is 5. The Labute approximate surface area is 707 Å². The van der Waals surface area contributed by atoms with Gasteiger partial charge in [-0.25, -0.2) is 0 Å². The van der Waals surface area contributed by atoms with Gasteiger partial charge in [-0.2, -0.15) is 0 Å². The van der Waals surface area contributed by atoms with Gasteiger partial charge >= 0.3 is 0 Å². The Bertz CT molecular complexity index is 7570. The number of rotatable bonds is 11. The first-order chi connectivity index (χ1) is 58.9. The highest BCUT2D eigenvalue weighted by atomic mass is 79.9. The molecule has 0 bridgehead atoms. The zero-order valence-corrected chi connectivity index (χ0v) is 66.7. The van der Waals surface area contributed by atoms with Crippen LogP contribution in [0.3, 0.4) is 0 Å². The standard InChI is InChI=1S/C57H38N2.C35H25N.C22H14BrN.CH4/c1-4-20-43(21-5-1)57(44-22-6-2-7-23-44)53-36-42-19-13-12-18-41(42)35-51(53)49-32-30-48(38-54(49)57)58(45-24-8-3-9-25-45)47-31-33-56-52(37-47)50-26-14-15-27-55(50)59(56)46-29-28-39-16-10-11-17-40(39)34-46;1-4-14-27(15-5-1)35(28-16-6-2-7-17-28)33-23-26-13-11-10-12-25(26)22-32(33)31-21-20-30(24-34(31)35)36-29-18-8-3-9-19-29;23-17-10-12-22-20(14-17)19-7-3-4-8-21(19)24(22)18-11-9-15-5-1-2-6-16(15)13-18;/h1-38H;1-24,36H;1-14H;1H4. The molecule has 0 saturated heterocycles. The summed E-state index contributed by atoms with van der Waals surface area (Å²) in [7, 11) is 0. The first kappa shape index (κ1) is 72.8. The second-order valence-corrected chi connectivity index (χ2v) is 32.2. The molecule has 0 radical (unpaired) electrons. The normalized spacial score (nSPS) is 12.6. The second-order valence-electron chi connectivity index (χ2n) is 31.2. The van der Waals surface area contributed by atoms with E-state index < -0.39 is 10.8 Å². The smallest absolute Gasteiger partial charge is 0.0714 e. The van der Waals surface area contributed by atoms with Crippen molar-refractivity contribution in [1.29, 1.82) is 0 Å². The summed E-state index contributed by atoms with van der Waals surface area (Å²) in [4.78, 5) is 2.43. The van der Waals surface area contributed by atoms with Gasteiger partial charge in [-0.05, 0) is 255 Å². The van der Waals surface area contributed by atoms with Crippen LogP contribution in [0.25, 0.3) is 120 Å². The Morgan fingerprint density at radius 2 is 0.558 bits per heavy atom. The van der Waals surface area contributed by atoms with Crippen LogP contribution < -0.4 is 10.2 Å². The molecule has 120 heavy (non-hydrogen) atoms. The highest BCUT2D eigenvalue weighted by Gasteiger charge is 2.48. The van der Waals surface area contributed by atoms with Crippen molar-refractivity contribution in [2.24, 2.45) is 0 Å². The lowest BCUT2D eigenvalue weighted by molar-refractivity contribution is 0.769. The van der Waals surface area contributed by atoms with Gasteiger partial charge in [0, 0.05) is 65.8 Å². The Hall–Kier alpha value is -14.9. The topological polar surface area (TPSA) is 25.1 Å². The van der Waals surface area contributed by atoms with Gasteiger partial charge in [-0.3, -0.25) is 0 Å².